The Kier molecular flexibility index (Phi) is 4.40. The molecule has 2 aromatic heterocycles. The van der Waals surface area contributed by atoms with Crippen LogP contribution in [-0.2, 0) is 12.8 Å². The van der Waals surface area contributed by atoms with Crippen LogP contribution in [0.3, 0.4) is 0 Å². The van der Waals surface area contributed by atoms with Crippen molar-refractivity contribution in [1.82, 2.24) is 14.8 Å². The summed E-state index contributed by atoms with van der Waals surface area (Å²) in [5.74, 6) is -0.355. The molecule has 0 saturated heterocycles. The summed E-state index contributed by atoms with van der Waals surface area (Å²) in [7, 11) is 0. The molecule has 112 valence electrons. The van der Waals surface area contributed by atoms with Crippen LogP contribution in [0.1, 0.15) is 53.3 Å². The van der Waals surface area contributed by atoms with Crippen LogP contribution < -0.4 is 0 Å². The molecule has 0 fully saturated rings. The van der Waals surface area contributed by atoms with Gasteiger partial charge in [-0.1, -0.05) is 20.3 Å². The lowest BCUT2D eigenvalue weighted by atomic mass is 10.1. The van der Waals surface area contributed by atoms with Crippen LogP contribution in [0.5, 0.6) is 0 Å². The molecule has 0 aliphatic carbocycles. The van der Waals surface area contributed by atoms with Crippen LogP contribution >= 0.6 is 0 Å². The lowest BCUT2D eigenvalue weighted by Crippen LogP contribution is -2.08. The van der Waals surface area contributed by atoms with Gasteiger partial charge in [0.25, 0.3) is 0 Å². The first-order chi connectivity index (χ1) is 9.97. The Morgan fingerprint density at radius 3 is 2.52 bits per heavy atom. The van der Waals surface area contributed by atoms with Crippen molar-refractivity contribution in [3.8, 4) is 5.82 Å². The van der Waals surface area contributed by atoms with Gasteiger partial charge in [-0.05, 0) is 44.4 Å². The molecule has 21 heavy (non-hydrogen) atoms. The van der Waals surface area contributed by atoms with Gasteiger partial charge >= 0.3 is 5.97 Å². The summed E-state index contributed by atoms with van der Waals surface area (Å²) in [6.07, 6.45) is 2.58. The summed E-state index contributed by atoms with van der Waals surface area (Å²) in [4.78, 5) is 15.9. The zero-order chi connectivity index (χ0) is 15.6. The van der Waals surface area contributed by atoms with Crippen LogP contribution in [0, 0.1) is 13.8 Å². The molecule has 2 heterocycles. The van der Waals surface area contributed by atoms with Gasteiger partial charge in [0.15, 0.2) is 5.82 Å². The fourth-order valence-corrected chi connectivity index (χ4v) is 2.60. The van der Waals surface area contributed by atoms with Crippen LogP contribution in [0.15, 0.2) is 12.1 Å². The molecule has 0 amide bonds. The lowest BCUT2D eigenvalue weighted by Gasteiger charge is -2.08. The quantitative estimate of drug-likeness (QED) is 0.917. The third-order valence-corrected chi connectivity index (χ3v) is 3.63. The Balaban J connectivity index is 2.60. The standard InChI is InChI=1S/C16H21N3O2/c1-5-7-13-8-12(16(20)21)9-15(17-13)19-11(4)14(6-2)10(3)18-19/h8-9H,5-7H2,1-4H3,(H,20,21). The summed E-state index contributed by atoms with van der Waals surface area (Å²) in [6.45, 7) is 8.10. The van der Waals surface area contributed by atoms with E-state index in [1.807, 2.05) is 20.8 Å². The first kappa shape index (κ1) is 15.2. The highest BCUT2D eigenvalue weighted by molar-refractivity contribution is 5.88. The van der Waals surface area contributed by atoms with Crippen molar-refractivity contribution >= 4 is 5.97 Å². The third kappa shape index (κ3) is 2.96. The first-order valence-corrected chi connectivity index (χ1v) is 7.27. The van der Waals surface area contributed by atoms with Gasteiger partial charge in [0.2, 0.25) is 0 Å². The number of aromatic carboxylic acids is 1. The van der Waals surface area contributed by atoms with Gasteiger partial charge in [-0.15, -0.1) is 0 Å². The molecule has 0 aliphatic heterocycles. The Bertz CT molecular complexity index is 674. The zero-order valence-electron chi connectivity index (χ0n) is 13.0. The predicted molar refractivity (Wildman–Crippen MR) is 81.2 cm³/mol. The van der Waals surface area contributed by atoms with Crippen molar-refractivity contribution in [2.75, 3.05) is 0 Å². The fourth-order valence-electron chi connectivity index (χ4n) is 2.60. The fraction of sp³-hybridized carbons (Fsp3) is 0.438. The van der Waals surface area contributed by atoms with Gasteiger partial charge in [-0.25, -0.2) is 14.5 Å². The van der Waals surface area contributed by atoms with E-state index in [0.717, 1.165) is 36.3 Å². The van der Waals surface area contributed by atoms with E-state index in [2.05, 4.69) is 17.0 Å². The summed E-state index contributed by atoms with van der Waals surface area (Å²) in [5, 5.41) is 13.8. The average Bonchev–Trinajstić information content (AvgIpc) is 2.73. The number of carboxylic acids is 1. The molecule has 5 nitrogen and oxygen atoms in total. The normalized spacial score (nSPS) is 10.9. The number of aromatic nitrogens is 3. The van der Waals surface area contributed by atoms with Crippen molar-refractivity contribution in [1.29, 1.82) is 0 Å². The number of carboxylic acid groups (broad SMARTS) is 1. The first-order valence-electron chi connectivity index (χ1n) is 7.27. The summed E-state index contributed by atoms with van der Waals surface area (Å²) in [6, 6.07) is 3.22. The highest BCUT2D eigenvalue weighted by atomic mass is 16.4. The maximum atomic E-state index is 11.3. The van der Waals surface area contributed by atoms with E-state index in [9.17, 15) is 9.90 Å². The molecule has 0 bridgehead atoms. The van der Waals surface area contributed by atoms with Gasteiger partial charge in [0, 0.05) is 11.4 Å². The average molecular weight is 287 g/mol. The molecular formula is C16H21N3O2. The Hall–Kier alpha value is -2.17. The number of hydrogen-bond acceptors (Lipinski definition) is 3. The van der Waals surface area contributed by atoms with Crippen molar-refractivity contribution < 1.29 is 9.90 Å². The molecule has 0 radical (unpaired) electrons. The van der Waals surface area contributed by atoms with Gasteiger partial charge in [0.05, 0.1) is 11.3 Å². The molecule has 0 atom stereocenters. The second kappa shape index (κ2) is 6.08. The summed E-state index contributed by atoms with van der Waals surface area (Å²) < 4.78 is 1.75. The molecule has 0 saturated carbocycles. The molecule has 0 spiro atoms. The molecule has 5 heteroatoms. The smallest absolute Gasteiger partial charge is 0.335 e. The highest BCUT2D eigenvalue weighted by Crippen LogP contribution is 2.19. The molecule has 0 unspecified atom stereocenters. The molecule has 1 N–H and O–H groups in total. The van der Waals surface area contributed by atoms with Crippen LogP contribution in [0.2, 0.25) is 0 Å². The number of hydrogen-bond donors (Lipinski definition) is 1. The SMILES string of the molecule is CCCc1cc(C(=O)O)cc(-n2nc(C)c(CC)c2C)n1. The highest BCUT2D eigenvalue weighted by Gasteiger charge is 2.15. The summed E-state index contributed by atoms with van der Waals surface area (Å²) >= 11 is 0. The van der Waals surface area contributed by atoms with Crippen molar-refractivity contribution in [3.63, 3.8) is 0 Å². The molecule has 2 aromatic rings. The van der Waals surface area contributed by atoms with Gasteiger partial charge in [0.1, 0.15) is 0 Å². The third-order valence-electron chi connectivity index (χ3n) is 3.63. The van der Waals surface area contributed by atoms with Gasteiger partial charge in [-0.2, -0.15) is 5.10 Å². The number of nitrogens with zero attached hydrogens (tertiary/aromatic N) is 3. The number of pyridine rings is 1. The molecule has 2 rings (SSSR count). The van der Waals surface area contributed by atoms with Crippen molar-refractivity contribution in [2.45, 2.75) is 47.0 Å². The summed E-state index contributed by atoms with van der Waals surface area (Å²) in [5.41, 5.74) is 4.23. The second-order valence-electron chi connectivity index (χ2n) is 5.18. The number of rotatable bonds is 5. The van der Waals surface area contributed by atoms with Crippen molar-refractivity contribution in [3.05, 3.63) is 40.3 Å². The van der Waals surface area contributed by atoms with Gasteiger partial charge < -0.3 is 5.11 Å². The van der Waals surface area contributed by atoms with E-state index in [1.165, 1.54) is 5.56 Å². The minimum absolute atomic E-state index is 0.258. The minimum atomic E-state index is -0.937. The topological polar surface area (TPSA) is 68.0 Å². The van der Waals surface area contributed by atoms with E-state index >= 15 is 0 Å². The van der Waals surface area contributed by atoms with E-state index in [0.29, 0.717) is 5.82 Å². The van der Waals surface area contributed by atoms with E-state index in [1.54, 1.807) is 16.8 Å². The lowest BCUT2D eigenvalue weighted by molar-refractivity contribution is 0.0696. The Morgan fingerprint density at radius 2 is 2.00 bits per heavy atom. The maximum absolute atomic E-state index is 11.3. The van der Waals surface area contributed by atoms with E-state index in [-0.39, 0.29) is 5.56 Å². The zero-order valence-corrected chi connectivity index (χ0v) is 13.0. The van der Waals surface area contributed by atoms with E-state index in [4.69, 9.17) is 0 Å². The molecule has 0 aliphatic rings. The van der Waals surface area contributed by atoms with Crippen LogP contribution in [-0.4, -0.2) is 25.8 Å². The molecular weight excluding hydrogens is 266 g/mol. The van der Waals surface area contributed by atoms with E-state index < -0.39 is 5.97 Å². The number of carbonyl (C=O) groups is 1. The second-order valence-corrected chi connectivity index (χ2v) is 5.18. The van der Waals surface area contributed by atoms with Crippen LogP contribution in [0.25, 0.3) is 5.82 Å². The minimum Gasteiger partial charge on any atom is -0.478 e. The Labute approximate surface area is 124 Å². The van der Waals surface area contributed by atoms with Crippen molar-refractivity contribution in [2.24, 2.45) is 0 Å². The Morgan fingerprint density at radius 1 is 1.29 bits per heavy atom. The van der Waals surface area contributed by atoms with Gasteiger partial charge in [-0.3, -0.25) is 0 Å². The predicted octanol–water partition coefficient (Wildman–Crippen LogP) is 3.10. The molecule has 0 aromatic carbocycles. The largest absolute Gasteiger partial charge is 0.478 e. The monoisotopic (exact) mass is 287 g/mol. The van der Waals surface area contributed by atoms with Crippen LogP contribution in [0.4, 0.5) is 0 Å². The maximum Gasteiger partial charge on any atom is 0.335 e. The number of aryl methyl sites for hydroxylation is 2.